The molecule has 1 atom stereocenters. The Hall–Kier alpha value is -2.79. The molecule has 0 bridgehead atoms. The highest BCUT2D eigenvalue weighted by Gasteiger charge is 2.23. The van der Waals surface area contributed by atoms with Crippen molar-refractivity contribution in [2.75, 3.05) is 0 Å². The zero-order chi connectivity index (χ0) is 19.0. The molecular formula is C20H17ClO5. The molecule has 1 aromatic heterocycles. The van der Waals surface area contributed by atoms with E-state index in [9.17, 15) is 9.59 Å². The van der Waals surface area contributed by atoms with Crippen LogP contribution in [-0.2, 0) is 4.79 Å². The molecule has 0 amide bonds. The summed E-state index contributed by atoms with van der Waals surface area (Å²) in [6, 6.07) is 10.5. The Morgan fingerprint density at radius 3 is 2.46 bits per heavy atom. The highest BCUT2D eigenvalue weighted by molar-refractivity contribution is 6.32. The Kier molecular flexibility index (Phi) is 4.74. The predicted molar refractivity (Wildman–Crippen MR) is 100 cm³/mol. The second kappa shape index (κ2) is 6.84. The van der Waals surface area contributed by atoms with E-state index < -0.39 is 17.5 Å². The quantitative estimate of drug-likeness (QED) is 0.725. The van der Waals surface area contributed by atoms with Crippen molar-refractivity contribution in [1.82, 2.24) is 0 Å². The molecule has 0 radical (unpaired) electrons. The minimum Gasteiger partial charge on any atom is -0.479 e. The van der Waals surface area contributed by atoms with Crippen molar-refractivity contribution in [2.24, 2.45) is 0 Å². The highest BCUT2D eigenvalue weighted by Crippen LogP contribution is 2.33. The van der Waals surface area contributed by atoms with E-state index in [1.807, 2.05) is 26.0 Å². The van der Waals surface area contributed by atoms with Gasteiger partial charge in [-0.2, -0.15) is 0 Å². The second-order valence-electron chi connectivity index (χ2n) is 6.15. The van der Waals surface area contributed by atoms with Gasteiger partial charge in [-0.1, -0.05) is 41.4 Å². The number of fused-ring (bicyclic) bond motifs is 1. The monoisotopic (exact) mass is 372 g/mol. The standard InChI is InChI=1S/C20H17ClO5/c1-10-4-6-13(7-5-10)18-19(25-12(3)20(23)24)17(22)14-9-15(21)11(2)8-16(14)26-18/h4-9,12H,1-3H3,(H,23,24)/t12-/m1/s1. The topological polar surface area (TPSA) is 76.7 Å². The lowest BCUT2D eigenvalue weighted by Gasteiger charge is -2.14. The van der Waals surface area contributed by atoms with Gasteiger partial charge >= 0.3 is 5.97 Å². The summed E-state index contributed by atoms with van der Waals surface area (Å²) >= 11 is 6.13. The Balaban J connectivity index is 2.32. The number of carbonyl (C=O) groups is 1. The van der Waals surface area contributed by atoms with E-state index in [1.54, 1.807) is 18.2 Å². The number of aliphatic carboxylic acids is 1. The van der Waals surface area contributed by atoms with Crippen LogP contribution in [0.2, 0.25) is 5.02 Å². The number of hydrogen-bond donors (Lipinski definition) is 1. The highest BCUT2D eigenvalue weighted by atomic mass is 35.5. The van der Waals surface area contributed by atoms with Crippen LogP contribution in [0.1, 0.15) is 18.1 Å². The van der Waals surface area contributed by atoms with Crippen LogP contribution in [0.3, 0.4) is 0 Å². The number of rotatable bonds is 4. The molecule has 0 saturated carbocycles. The smallest absolute Gasteiger partial charge is 0.344 e. The van der Waals surface area contributed by atoms with E-state index >= 15 is 0 Å². The van der Waals surface area contributed by atoms with E-state index in [4.69, 9.17) is 25.9 Å². The SMILES string of the molecule is Cc1ccc(-c2oc3cc(C)c(Cl)cc3c(=O)c2O[C@H](C)C(=O)O)cc1. The largest absolute Gasteiger partial charge is 0.479 e. The number of carboxylic acids is 1. The van der Waals surface area contributed by atoms with Crippen LogP contribution in [0.25, 0.3) is 22.3 Å². The van der Waals surface area contributed by atoms with Crippen LogP contribution >= 0.6 is 11.6 Å². The molecule has 134 valence electrons. The van der Waals surface area contributed by atoms with Crippen LogP contribution in [-0.4, -0.2) is 17.2 Å². The molecule has 0 aliphatic rings. The zero-order valence-corrected chi connectivity index (χ0v) is 15.3. The maximum Gasteiger partial charge on any atom is 0.344 e. The molecule has 26 heavy (non-hydrogen) atoms. The van der Waals surface area contributed by atoms with E-state index in [1.165, 1.54) is 13.0 Å². The number of hydrogen-bond acceptors (Lipinski definition) is 4. The third-order valence-corrected chi connectivity index (χ3v) is 4.49. The molecule has 1 N–H and O–H groups in total. The van der Waals surface area contributed by atoms with Gasteiger partial charge in [0.05, 0.1) is 5.39 Å². The summed E-state index contributed by atoms with van der Waals surface area (Å²) < 4.78 is 11.4. The fourth-order valence-corrected chi connectivity index (χ4v) is 2.69. The van der Waals surface area contributed by atoms with Gasteiger partial charge in [-0.25, -0.2) is 4.79 Å². The molecule has 3 aromatic rings. The molecule has 3 rings (SSSR count). The molecule has 0 unspecified atom stereocenters. The number of carboxylic acid groups (broad SMARTS) is 1. The van der Waals surface area contributed by atoms with Crippen LogP contribution in [0.5, 0.6) is 5.75 Å². The number of aryl methyl sites for hydroxylation is 2. The van der Waals surface area contributed by atoms with Crippen LogP contribution in [0, 0.1) is 13.8 Å². The molecule has 6 heteroatoms. The third kappa shape index (κ3) is 3.30. The first kappa shape index (κ1) is 18.0. The second-order valence-corrected chi connectivity index (χ2v) is 6.56. The van der Waals surface area contributed by atoms with E-state index in [0.717, 1.165) is 11.1 Å². The average Bonchev–Trinajstić information content (AvgIpc) is 2.59. The minimum absolute atomic E-state index is 0.142. The fraction of sp³-hybridized carbons (Fsp3) is 0.200. The maximum atomic E-state index is 13.0. The van der Waals surface area contributed by atoms with Gasteiger partial charge < -0.3 is 14.3 Å². The lowest BCUT2D eigenvalue weighted by molar-refractivity contribution is -0.144. The van der Waals surface area contributed by atoms with Gasteiger partial charge in [-0.3, -0.25) is 4.79 Å². The van der Waals surface area contributed by atoms with Gasteiger partial charge in [0.15, 0.2) is 11.9 Å². The van der Waals surface area contributed by atoms with Crippen molar-refractivity contribution in [3.8, 4) is 17.1 Å². The zero-order valence-electron chi connectivity index (χ0n) is 14.5. The summed E-state index contributed by atoms with van der Waals surface area (Å²) in [5.41, 5.74) is 2.33. The molecule has 0 spiro atoms. The van der Waals surface area contributed by atoms with Gasteiger partial charge in [0.2, 0.25) is 11.2 Å². The van der Waals surface area contributed by atoms with Crippen molar-refractivity contribution in [3.05, 3.63) is 62.8 Å². The Bertz CT molecular complexity index is 1050. The summed E-state index contributed by atoms with van der Waals surface area (Å²) in [6.07, 6.45) is -1.21. The third-order valence-electron chi connectivity index (χ3n) is 4.09. The van der Waals surface area contributed by atoms with E-state index in [-0.39, 0.29) is 16.9 Å². The first-order chi connectivity index (χ1) is 12.3. The first-order valence-corrected chi connectivity index (χ1v) is 8.39. The molecule has 0 fully saturated rings. The van der Waals surface area contributed by atoms with Gasteiger partial charge in [0, 0.05) is 10.6 Å². The van der Waals surface area contributed by atoms with Gasteiger partial charge in [-0.05, 0) is 38.5 Å². The van der Waals surface area contributed by atoms with E-state index in [2.05, 4.69) is 0 Å². The predicted octanol–water partition coefficient (Wildman–Crippen LogP) is 4.58. The molecule has 1 heterocycles. The lowest BCUT2D eigenvalue weighted by Crippen LogP contribution is -2.26. The Morgan fingerprint density at radius 1 is 1.19 bits per heavy atom. The van der Waals surface area contributed by atoms with Crippen molar-refractivity contribution in [3.63, 3.8) is 0 Å². The lowest BCUT2D eigenvalue weighted by atomic mass is 10.1. The normalized spacial score (nSPS) is 12.2. The maximum absolute atomic E-state index is 13.0. The molecule has 2 aromatic carbocycles. The van der Waals surface area contributed by atoms with Crippen molar-refractivity contribution < 1.29 is 19.1 Å². The fourth-order valence-electron chi connectivity index (χ4n) is 2.53. The average molecular weight is 373 g/mol. The van der Waals surface area contributed by atoms with Gasteiger partial charge in [-0.15, -0.1) is 0 Å². The first-order valence-electron chi connectivity index (χ1n) is 8.01. The summed E-state index contributed by atoms with van der Waals surface area (Å²) in [4.78, 5) is 24.2. The molecular weight excluding hydrogens is 356 g/mol. The van der Waals surface area contributed by atoms with Crippen molar-refractivity contribution >= 4 is 28.5 Å². The summed E-state index contributed by atoms with van der Waals surface area (Å²) in [5, 5.41) is 9.81. The van der Waals surface area contributed by atoms with Crippen LogP contribution in [0.15, 0.2) is 45.6 Å². The number of halogens is 1. The summed E-state index contributed by atoms with van der Waals surface area (Å²) in [6.45, 7) is 5.10. The molecule has 0 saturated heterocycles. The molecule has 0 aliphatic carbocycles. The Labute approximate surface area is 154 Å². The summed E-state index contributed by atoms with van der Waals surface area (Å²) in [7, 11) is 0. The van der Waals surface area contributed by atoms with Crippen molar-refractivity contribution in [1.29, 1.82) is 0 Å². The summed E-state index contributed by atoms with van der Waals surface area (Å²) in [5.74, 6) is -1.13. The molecule has 0 aliphatic heterocycles. The van der Waals surface area contributed by atoms with Crippen molar-refractivity contribution in [2.45, 2.75) is 26.9 Å². The number of ether oxygens (including phenoxy) is 1. The van der Waals surface area contributed by atoms with Gasteiger partial charge in [0.25, 0.3) is 0 Å². The molecule has 5 nitrogen and oxygen atoms in total. The van der Waals surface area contributed by atoms with Crippen LogP contribution < -0.4 is 10.2 Å². The number of benzene rings is 2. The van der Waals surface area contributed by atoms with Gasteiger partial charge in [0.1, 0.15) is 5.58 Å². The minimum atomic E-state index is -1.21. The Morgan fingerprint density at radius 2 is 1.85 bits per heavy atom. The van der Waals surface area contributed by atoms with Crippen LogP contribution in [0.4, 0.5) is 0 Å². The van der Waals surface area contributed by atoms with E-state index in [0.29, 0.717) is 16.2 Å².